The van der Waals surface area contributed by atoms with Crippen molar-refractivity contribution in [3.05, 3.63) is 194 Å². The number of benzene rings is 8. The summed E-state index contributed by atoms with van der Waals surface area (Å²) in [4.78, 5) is 15.6. The molecule has 5 heteroatoms. The van der Waals surface area contributed by atoms with Crippen molar-refractivity contribution >= 4 is 65.4 Å². The SMILES string of the molecule is c1cc(-c2cc(-c3ccc(-c4nc5ccccc5c5c4oc4ccccc45)cc3)nc(-c3ccc4ccccc4c3)n2)cc(-n2c3ccccc3c3ccccc32)c1. The molecule has 0 saturated heterocycles. The van der Waals surface area contributed by atoms with Crippen LogP contribution in [0.1, 0.15) is 0 Å². The van der Waals surface area contributed by atoms with Crippen LogP contribution in [0.15, 0.2) is 199 Å². The molecule has 0 radical (unpaired) electrons. The highest BCUT2D eigenvalue weighted by Gasteiger charge is 2.19. The predicted octanol–water partition coefficient (Wildman–Crippen LogP) is 13.8. The summed E-state index contributed by atoms with van der Waals surface area (Å²) in [6.07, 6.45) is 0. The van der Waals surface area contributed by atoms with Crippen molar-refractivity contribution in [3.63, 3.8) is 0 Å². The van der Waals surface area contributed by atoms with Crippen LogP contribution >= 0.6 is 0 Å². The van der Waals surface area contributed by atoms with Crippen LogP contribution < -0.4 is 0 Å². The monoisotopic (exact) mass is 740 g/mol. The van der Waals surface area contributed by atoms with E-state index < -0.39 is 0 Å². The summed E-state index contributed by atoms with van der Waals surface area (Å²) in [5.41, 5.74) is 12.4. The lowest BCUT2D eigenvalue weighted by Crippen LogP contribution is -1.98. The summed E-state index contributed by atoms with van der Waals surface area (Å²) in [7, 11) is 0. The molecule has 0 fully saturated rings. The fourth-order valence-electron chi connectivity index (χ4n) is 8.63. The molecule has 0 spiro atoms. The molecule has 12 aromatic rings. The first-order valence-electron chi connectivity index (χ1n) is 19.5. The van der Waals surface area contributed by atoms with Gasteiger partial charge in [-0.05, 0) is 59.3 Å². The van der Waals surface area contributed by atoms with Gasteiger partial charge in [0.1, 0.15) is 11.3 Å². The third-order valence-corrected chi connectivity index (χ3v) is 11.4. The van der Waals surface area contributed by atoms with E-state index in [0.29, 0.717) is 5.82 Å². The third-order valence-electron chi connectivity index (χ3n) is 11.4. The van der Waals surface area contributed by atoms with Crippen molar-refractivity contribution < 1.29 is 4.42 Å². The van der Waals surface area contributed by atoms with Crippen LogP contribution in [0.5, 0.6) is 0 Å². The summed E-state index contributed by atoms with van der Waals surface area (Å²) in [5, 5.41) is 8.05. The second-order valence-corrected chi connectivity index (χ2v) is 14.8. The van der Waals surface area contributed by atoms with Crippen LogP contribution in [0.4, 0.5) is 0 Å². The Kier molecular flexibility index (Phi) is 7.16. The van der Waals surface area contributed by atoms with Crippen molar-refractivity contribution in [2.45, 2.75) is 0 Å². The van der Waals surface area contributed by atoms with E-state index >= 15 is 0 Å². The second kappa shape index (κ2) is 12.8. The molecule has 0 amide bonds. The summed E-state index contributed by atoms with van der Waals surface area (Å²) < 4.78 is 8.87. The Morgan fingerprint density at radius 1 is 0.397 bits per heavy atom. The Bertz CT molecular complexity index is 3530. The zero-order chi connectivity index (χ0) is 38.2. The standard InChI is InChI=1S/C53H32N4O/c1-2-13-36-30-38(29-24-33(36)12-1)53-55-45(32-46(56-53)37-14-11-15-39(31-37)57-47-21-8-4-16-40(47)41-17-5-9-22-48(41)57)34-25-27-35(28-26-34)51-52-50(42-18-3-7-20-44(42)54-51)43-19-6-10-23-49(43)58-52/h1-32H. The minimum atomic E-state index is 0.671. The Balaban J connectivity index is 1.02. The van der Waals surface area contributed by atoms with Gasteiger partial charge in [-0.25, -0.2) is 15.0 Å². The number of fused-ring (bicyclic) bond motifs is 9. The summed E-state index contributed by atoms with van der Waals surface area (Å²) in [6, 6.07) is 67.9. The van der Waals surface area contributed by atoms with Gasteiger partial charge in [0.15, 0.2) is 11.4 Å². The highest BCUT2D eigenvalue weighted by molar-refractivity contribution is 6.20. The number of nitrogens with zero attached hydrogens (tertiary/aromatic N) is 4. The number of para-hydroxylation sites is 4. The van der Waals surface area contributed by atoms with Crippen LogP contribution in [-0.2, 0) is 0 Å². The van der Waals surface area contributed by atoms with Crippen molar-refractivity contribution in [2.75, 3.05) is 0 Å². The van der Waals surface area contributed by atoms with E-state index in [0.717, 1.165) is 83.3 Å². The van der Waals surface area contributed by atoms with E-state index in [9.17, 15) is 0 Å². The minimum absolute atomic E-state index is 0.671. The molecule has 58 heavy (non-hydrogen) atoms. The first-order chi connectivity index (χ1) is 28.7. The molecule has 0 unspecified atom stereocenters. The molecule has 4 heterocycles. The molecule has 0 aliphatic heterocycles. The van der Waals surface area contributed by atoms with Crippen molar-refractivity contribution in [2.24, 2.45) is 0 Å². The average molecular weight is 741 g/mol. The molecular weight excluding hydrogens is 709 g/mol. The number of aromatic nitrogens is 4. The maximum atomic E-state index is 6.52. The highest BCUT2D eigenvalue weighted by atomic mass is 16.3. The van der Waals surface area contributed by atoms with Gasteiger partial charge in [0.25, 0.3) is 0 Å². The van der Waals surface area contributed by atoms with E-state index in [1.165, 1.54) is 27.2 Å². The van der Waals surface area contributed by atoms with Gasteiger partial charge in [-0.3, -0.25) is 0 Å². The summed E-state index contributed by atoms with van der Waals surface area (Å²) >= 11 is 0. The number of furan rings is 1. The molecule has 270 valence electrons. The molecule has 0 saturated carbocycles. The molecule has 12 rings (SSSR count). The van der Waals surface area contributed by atoms with E-state index in [1.54, 1.807) is 0 Å². The van der Waals surface area contributed by atoms with Crippen LogP contribution in [0.25, 0.3) is 116 Å². The lowest BCUT2D eigenvalue weighted by molar-refractivity contribution is 0.669. The Morgan fingerprint density at radius 3 is 1.81 bits per heavy atom. The van der Waals surface area contributed by atoms with Crippen LogP contribution in [-0.4, -0.2) is 19.5 Å². The minimum Gasteiger partial charge on any atom is -0.454 e. The summed E-state index contributed by atoms with van der Waals surface area (Å²) in [6.45, 7) is 0. The molecule has 0 N–H and O–H groups in total. The molecule has 4 aromatic heterocycles. The smallest absolute Gasteiger partial charge is 0.162 e. The van der Waals surface area contributed by atoms with E-state index in [1.807, 2.05) is 18.2 Å². The molecular formula is C53H32N4O. The van der Waals surface area contributed by atoms with Crippen LogP contribution in [0, 0.1) is 0 Å². The lowest BCUT2D eigenvalue weighted by atomic mass is 10.0. The van der Waals surface area contributed by atoms with Crippen molar-refractivity contribution in [1.82, 2.24) is 19.5 Å². The number of hydrogen-bond donors (Lipinski definition) is 0. The Hall–Kier alpha value is -7.89. The average Bonchev–Trinajstić information content (AvgIpc) is 3.85. The molecule has 0 atom stereocenters. The van der Waals surface area contributed by atoms with Gasteiger partial charge in [-0.2, -0.15) is 0 Å². The zero-order valence-electron chi connectivity index (χ0n) is 31.2. The van der Waals surface area contributed by atoms with Crippen LogP contribution in [0.3, 0.4) is 0 Å². The maximum absolute atomic E-state index is 6.52. The normalized spacial score (nSPS) is 11.8. The van der Waals surface area contributed by atoms with Crippen LogP contribution in [0.2, 0.25) is 0 Å². The van der Waals surface area contributed by atoms with Gasteiger partial charge >= 0.3 is 0 Å². The highest BCUT2D eigenvalue weighted by Crippen LogP contribution is 2.40. The number of pyridine rings is 1. The van der Waals surface area contributed by atoms with Crippen molar-refractivity contribution in [1.29, 1.82) is 0 Å². The van der Waals surface area contributed by atoms with Gasteiger partial charge in [0.05, 0.1) is 27.9 Å². The molecule has 0 bridgehead atoms. The lowest BCUT2D eigenvalue weighted by Gasteiger charge is -2.13. The van der Waals surface area contributed by atoms with Crippen molar-refractivity contribution in [3.8, 4) is 50.8 Å². The Labute approximate surface area is 333 Å². The van der Waals surface area contributed by atoms with E-state index in [2.05, 4.69) is 180 Å². The number of rotatable bonds is 5. The molecule has 0 aliphatic rings. The third kappa shape index (κ3) is 5.14. The van der Waals surface area contributed by atoms with E-state index in [-0.39, 0.29) is 0 Å². The topological polar surface area (TPSA) is 56.7 Å². The second-order valence-electron chi connectivity index (χ2n) is 14.8. The molecule has 8 aromatic carbocycles. The zero-order valence-corrected chi connectivity index (χ0v) is 31.2. The first kappa shape index (κ1) is 32.4. The molecule has 0 aliphatic carbocycles. The largest absolute Gasteiger partial charge is 0.454 e. The summed E-state index contributed by atoms with van der Waals surface area (Å²) in [5.74, 6) is 0.671. The first-order valence-corrected chi connectivity index (χ1v) is 19.5. The maximum Gasteiger partial charge on any atom is 0.162 e. The Morgan fingerprint density at radius 2 is 1.02 bits per heavy atom. The van der Waals surface area contributed by atoms with Gasteiger partial charge in [0, 0.05) is 54.9 Å². The van der Waals surface area contributed by atoms with E-state index in [4.69, 9.17) is 19.4 Å². The fraction of sp³-hybridized carbons (Fsp3) is 0. The fourth-order valence-corrected chi connectivity index (χ4v) is 8.63. The van der Waals surface area contributed by atoms with Gasteiger partial charge in [-0.15, -0.1) is 0 Å². The van der Waals surface area contributed by atoms with Gasteiger partial charge < -0.3 is 8.98 Å². The quantitative estimate of drug-likeness (QED) is 0.176. The molecule has 5 nitrogen and oxygen atoms in total. The number of hydrogen-bond acceptors (Lipinski definition) is 4. The van der Waals surface area contributed by atoms with Gasteiger partial charge in [0.2, 0.25) is 0 Å². The predicted molar refractivity (Wildman–Crippen MR) is 238 cm³/mol. The van der Waals surface area contributed by atoms with Gasteiger partial charge in [-0.1, -0.05) is 146 Å².